The molecule has 2 rings (SSSR count). The minimum Gasteiger partial charge on any atom is -0.450 e. The van der Waals surface area contributed by atoms with Gasteiger partial charge in [0.15, 0.2) is 5.76 Å². The van der Waals surface area contributed by atoms with E-state index >= 15 is 0 Å². The van der Waals surface area contributed by atoms with Crippen LogP contribution in [0.15, 0.2) is 40.8 Å². The maximum absolute atomic E-state index is 12.1. The van der Waals surface area contributed by atoms with Gasteiger partial charge in [0.2, 0.25) is 0 Å². The highest BCUT2D eigenvalue weighted by molar-refractivity contribution is 5.97. The van der Waals surface area contributed by atoms with Gasteiger partial charge < -0.3 is 19.9 Å². The van der Waals surface area contributed by atoms with Crippen LogP contribution in [0.3, 0.4) is 0 Å². The standard InChI is InChI=1S/C18H18N2O6/c1-11(22)16(18(24)20-25)19-17(23)13-5-2-12(3-6-13)4-7-14-8-9-15(10-21)26-14/h2-3,5-6,8-9,11,16,21-22,25H,10H2,1H3,(H,19,23)(H,20,24)/t11-,16-/m0/s1. The third kappa shape index (κ3) is 4.94. The highest BCUT2D eigenvalue weighted by Gasteiger charge is 2.25. The van der Waals surface area contributed by atoms with Crippen molar-refractivity contribution in [3.05, 3.63) is 59.0 Å². The Kier molecular flexibility index (Phi) is 6.52. The van der Waals surface area contributed by atoms with E-state index < -0.39 is 24.0 Å². The Balaban J connectivity index is 2.06. The Morgan fingerprint density at radius 1 is 1.15 bits per heavy atom. The molecule has 2 aromatic rings. The van der Waals surface area contributed by atoms with Crippen molar-refractivity contribution < 1.29 is 29.4 Å². The fraction of sp³-hybridized carbons (Fsp3) is 0.222. The van der Waals surface area contributed by atoms with E-state index in [0.29, 0.717) is 17.1 Å². The Morgan fingerprint density at radius 3 is 2.38 bits per heavy atom. The summed E-state index contributed by atoms with van der Waals surface area (Å²) in [5.74, 6) is 4.97. The number of aliphatic hydroxyl groups is 2. The summed E-state index contributed by atoms with van der Waals surface area (Å²) >= 11 is 0. The van der Waals surface area contributed by atoms with Crippen molar-refractivity contribution in [1.29, 1.82) is 0 Å². The van der Waals surface area contributed by atoms with E-state index in [1.54, 1.807) is 24.3 Å². The molecule has 0 saturated heterocycles. The average Bonchev–Trinajstić information content (AvgIpc) is 3.12. The lowest BCUT2D eigenvalue weighted by molar-refractivity contribution is -0.133. The summed E-state index contributed by atoms with van der Waals surface area (Å²) in [5, 5.41) is 29.4. The lowest BCUT2D eigenvalue weighted by atomic mass is 10.1. The number of benzene rings is 1. The van der Waals surface area contributed by atoms with E-state index in [4.69, 9.17) is 14.7 Å². The molecule has 1 aromatic heterocycles. The predicted molar refractivity (Wildman–Crippen MR) is 89.9 cm³/mol. The maximum atomic E-state index is 12.1. The van der Waals surface area contributed by atoms with Gasteiger partial charge in [0, 0.05) is 11.1 Å². The number of hydrogen-bond donors (Lipinski definition) is 5. The van der Waals surface area contributed by atoms with E-state index in [0.717, 1.165) is 0 Å². The molecule has 136 valence electrons. The number of rotatable bonds is 5. The third-order valence-corrected chi connectivity index (χ3v) is 3.46. The first kappa shape index (κ1) is 19.2. The fourth-order valence-electron chi connectivity index (χ4n) is 2.07. The molecule has 0 radical (unpaired) electrons. The number of carbonyl (C=O) groups is 2. The highest BCUT2D eigenvalue weighted by Crippen LogP contribution is 2.08. The number of nitrogens with one attached hydrogen (secondary N) is 2. The second-order valence-electron chi connectivity index (χ2n) is 5.42. The zero-order valence-electron chi connectivity index (χ0n) is 13.9. The molecule has 0 bridgehead atoms. The van der Waals surface area contributed by atoms with Crippen molar-refractivity contribution in [2.75, 3.05) is 0 Å². The summed E-state index contributed by atoms with van der Waals surface area (Å²) in [5.41, 5.74) is 2.28. The van der Waals surface area contributed by atoms with E-state index in [1.807, 2.05) is 0 Å². The molecule has 8 heteroatoms. The van der Waals surface area contributed by atoms with Crippen LogP contribution in [0.1, 0.15) is 34.4 Å². The molecule has 5 N–H and O–H groups in total. The van der Waals surface area contributed by atoms with Gasteiger partial charge in [-0.1, -0.05) is 5.92 Å². The molecule has 1 aromatic carbocycles. The van der Waals surface area contributed by atoms with Gasteiger partial charge in [-0.25, -0.2) is 5.48 Å². The molecule has 2 amide bonds. The van der Waals surface area contributed by atoms with Crippen LogP contribution in [0.5, 0.6) is 0 Å². The number of amides is 2. The normalized spacial score (nSPS) is 12.5. The molecule has 0 aliphatic rings. The monoisotopic (exact) mass is 358 g/mol. The number of furan rings is 1. The second kappa shape index (κ2) is 8.82. The molecular formula is C18H18N2O6. The van der Waals surface area contributed by atoms with Crippen molar-refractivity contribution in [2.24, 2.45) is 0 Å². The van der Waals surface area contributed by atoms with Crippen molar-refractivity contribution in [1.82, 2.24) is 10.8 Å². The van der Waals surface area contributed by atoms with Gasteiger partial charge in [-0.2, -0.15) is 0 Å². The quantitative estimate of drug-likeness (QED) is 0.294. The molecule has 0 spiro atoms. The number of aliphatic hydroxyl groups excluding tert-OH is 2. The van der Waals surface area contributed by atoms with Crippen molar-refractivity contribution in [3.8, 4) is 11.8 Å². The smallest absolute Gasteiger partial charge is 0.268 e. The molecular weight excluding hydrogens is 340 g/mol. The molecule has 0 unspecified atom stereocenters. The zero-order chi connectivity index (χ0) is 19.1. The van der Waals surface area contributed by atoms with Crippen LogP contribution in [0, 0.1) is 11.8 Å². The number of carbonyl (C=O) groups excluding carboxylic acids is 2. The molecule has 26 heavy (non-hydrogen) atoms. The van der Waals surface area contributed by atoms with Crippen molar-refractivity contribution >= 4 is 11.8 Å². The first-order valence-corrected chi connectivity index (χ1v) is 7.69. The second-order valence-corrected chi connectivity index (χ2v) is 5.42. The summed E-state index contributed by atoms with van der Waals surface area (Å²) in [7, 11) is 0. The molecule has 0 aliphatic carbocycles. The minimum absolute atomic E-state index is 0.201. The predicted octanol–water partition coefficient (Wildman–Crippen LogP) is 0.156. The molecule has 0 aliphatic heterocycles. The molecule has 0 saturated carbocycles. The number of hydroxylamine groups is 1. The number of hydrogen-bond acceptors (Lipinski definition) is 6. The largest absolute Gasteiger partial charge is 0.450 e. The lowest BCUT2D eigenvalue weighted by Gasteiger charge is -2.19. The topological polar surface area (TPSA) is 132 Å². The van der Waals surface area contributed by atoms with Crippen LogP contribution in [0.25, 0.3) is 0 Å². The molecule has 1 heterocycles. The Bertz CT molecular complexity index is 829. The van der Waals surface area contributed by atoms with E-state index in [9.17, 15) is 14.7 Å². The van der Waals surface area contributed by atoms with E-state index in [-0.39, 0.29) is 12.2 Å². The molecule has 2 atom stereocenters. The van der Waals surface area contributed by atoms with Crippen LogP contribution in [-0.2, 0) is 11.4 Å². The van der Waals surface area contributed by atoms with Crippen LogP contribution in [-0.4, -0.2) is 39.4 Å². The summed E-state index contributed by atoms with van der Waals surface area (Å²) in [6.45, 7) is 1.11. The van der Waals surface area contributed by atoms with Crippen LogP contribution in [0.2, 0.25) is 0 Å². The summed E-state index contributed by atoms with van der Waals surface area (Å²) in [4.78, 5) is 23.6. The summed E-state index contributed by atoms with van der Waals surface area (Å²) in [6, 6.07) is 8.23. The summed E-state index contributed by atoms with van der Waals surface area (Å²) in [6.07, 6.45) is -1.19. The highest BCUT2D eigenvalue weighted by atomic mass is 16.5. The Hall–Kier alpha value is -3.12. The Morgan fingerprint density at radius 2 is 1.85 bits per heavy atom. The van der Waals surface area contributed by atoms with Crippen LogP contribution in [0.4, 0.5) is 0 Å². The van der Waals surface area contributed by atoms with Gasteiger partial charge in [0.05, 0.1) is 6.10 Å². The summed E-state index contributed by atoms with van der Waals surface area (Å²) < 4.78 is 5.25. The van der Waals surface area contributed by atoms with Gasteiger partial charge in [0.1, 0.15) is 18.4 Å². The van der Waals surface area contributed by atoms with Crippen molar-refractivity contribution in [3.63, 3.8) is 0 Å². The zero-order valence-corrected chi connectivity index (χ0v) is 13.9. The van der Waals surface area contributed by atoms with Crippen LogP contribution >= 0.6 is 0 Å². The molecule has 0 fully saturated rings. The average molecular weight is 358 g/mol. The van der Waals surface area contributed by atoms with Crippen molar-refractivity contribution in [2.45, 2.75) is 25.7 Å². The maximum Gasteiger partial charge on any atom is 0.268 e. The van der Waals surface area contributed by atoms with E-state index in [1.165, 1.54) is 24.5 Å². The Labute approximate surface area is 149 Å². The van der Waals surface area contributed by atoms with Gasteiger partial charge in [-0.15, -0.1) is 0 Å². The van der Waals surface area contributed by atoms with Gasteiger partial charge in [-0.05, 0) is 49.2 Å². The third-order valence-electron chi connectivity index (χ3n) is 3.46. The van der Waals surface area contributed by atoms with Crippen LogP contribution < -0.4 is 10.8 Å². The SMILES string of the molecule is C[C@H](O)[C@H](NC(=O)c1ccc(C#Cc2ccc(CO)o2)cc1)C(=O)NO. The van der Waals surface area contributed by atoms with E-state index in [2.05, 4.69) is 17.2 Å². The first-order valence-electron chi connectivity index (χ1n) is 7.69. The fourth-order valence-corrected chi connectivity index (χ4v) is 2.07. The minimum atomic E-state index is -1.29. The first-order chi connectivity index (χ1) is 12.4. The van der Waals surface area contributed by atoms with Gasteiger partial charge >= 0.3 is 0 Å². The lowest BCUT2D eigenvalue weighted by Crippen LogP contribution is -2.51. The molecule has 8 nitrogen and oxygen atoms in total. The van der Waals surface area contributed by atoms with Gasteiger partial charge in [0.25, 0.3) is 11.8 Å². The van der Waals surface area contributed by atoms with Gasteiger partial charge in [-0.3, -0.25) is 14.8 Å².